The first-order valence-electron chi connectivity index (χ1n) is 18.6. The maximum absolute atomic E-state index is 13.2. The van der Waals surface area contributed by atoms with Gasteiger partial charge < -0.3 is 71.6 Å². The molecule has 21 nitrogen and oxygen atoms in total. The van der Waals surface area contributed by atoms with E-state index in [1.807, 2.05) is 0 Å². The van der Waals surface area contributed by atoms with Gasteiger partial charge in [-0.25, -0.2) is 0 Å². The van der Waals surface area contributed by atoms with Gasteiger partial charge in [0.05, 0.1) is 92.5 Å². The van der Waals surface area contributed by atoms with E-state index in [1.54, 1.807) is 0 Å². The quantitative estimate of drug-likeness (QED) is 0.0157. The maximum Gasteiger partial charge on any atom is 0.222 e. The van der Waals surface area contributed by atoms with Crippen molar-refractivity contribution < 1.29 is 52.3 Å². The minimum absolute atomic E-state index is 0.00118. The highest BCUT2D eigenvalue weighted by molar-refractivity contribution is 5.77. The van der Waals surface area contributed by atoms with Gasteiger partial charge in [-0.15, -0.1) is 0 Å². The SMILES string of the molecule is [N-]=[N+]=NCCOCCOCCOCCOCCC(=O)NC(COCCC(=O)NCCCN)(COCCC(=O)NCCCN)COCCC(=O)NCCCN. The second-order valence-corrected chi connectivity index (χ2v) is 11.9. The number of nitrogens with two attached hydrogens (primary N) is 3. The van der Waals surface area contributed by atoms with Crippen molar-refractivity contribution in [2.75, 3.05) is 138 Å². The molecular weight excluding hydrogens is 712 g/mol. The smallest absolute Gasteiger partial charge is 0.222 e. The monoisotopic (exact) mass is 778 g/mol. The first kappa shape index (κ1) is 50.8. The highest BCUT2D eigenvalue weighted by Gasteiger charge is 2.34. The summed E-state index contributed by atoms with van der Waals surface area (Å²) in [7, 11) is 0. The summed E-state index contributed by atoms with van der Waals surface area (Å²) in [6.07, 6.45) is 2.20. The van der Waals surface area contributed by atoms with Crippen LogP contribution in [0.2, 0.25) is 0 Å². The van der Waals surface area contributed by atoms with Gasteiger partial charge in [0.25, 0.3) is 0 Å². The van der Waals surface area contributed by atoms with E-state index in [2.05, 4.69) is 31.3 Å². The van der Waals surface area contributed by atoms with Gasteiger partial charge in [0.2, 0.25) is 23.6 Å². The van der Waals surface area contributed by atoms with Crippen LogP contribution in [0.25, 0.3) is 10.4 Å². The molecule has 0 heterocycles. The molecule has 0 aromatic carbocycles. The van der Waals surface area contributed by atoms with Crippen molar-refractivity contribution in [2.45, 2.75) is 50.5 Å². The number of carbonyl (C=O) groups excluding carboxylic acids is 4. The maximum atomic E-state index is 13.2. The van der Waals surface area contributed by atoms with Crippen LogP contribution in [0.3, 0.4) is 0 Å². The van der Waals surface area contributed by atoms with Crippen molar-refractivity contribution in [3.8, 4) is 0 Å². The molecular formula is C33H66N10O11. The third-order valence-electron chi connectivity index (χ3n) is 7.06. The van der Waals surface area contributed by atoms with Crippen LogP contribution in [-0.4, -0.2) is 167 Å². The molecule has 0 rings (SSSR count). The van der Waals surface area contributed by atoms with E-state index in [1.165, 1.54) is 0 Å². The molecule has 0 spiro atoms. The number of amides is 4. The molecule has 10 N–H and O–H groups in total. The second kappa shape index (κ2) is 38.1. The number of hydrogen-bond acceptors (Lipinski definition) is 15. The van der Waals surface area contributed by atoms with Crippen molar-refractivity contribution in [2.24, 2.45) is 22.3 Å². The lowest BCUT2D eigenvalue weighted by Crippen LogP contribution is -2.59. The Hall–Kier alpha value is -3.21. The van der Waals surface area contributed by atoms with Crippen molar-refractivity contribution in [3.05, 3.63) is 10.4 Å². The third kappa shape index (κ3) is 33.4. The average molecular weight is 779 g/mol. The molecule has 4 amide bonds. The molecule has 0 aliphatic rings. The first-order valence-corrected chi connectivity index (χ1v) is 18.6. The van der Waals surface area contributed by atoms with E-state index in [-0.39, 0.29) is 109 Å². The summed E-state index contributed by atoms with van der Waals surface area (Å²) >= 11 is 0. The second-order valence-electron chi connectivity index (χ2n) is 11.9. The van der Waals surface area contributed by atoms with Gasteiger partial charge in [-0.1, -0.05) is 5.11 Å². The van der Waals surface area contributed by atoms with E-state index < -0.39 is 5.54 Å². The Morgan fingerprint density at radius 1 is 0.500 bits per heavy atom. The molecule has 0 atom stereocenters. The molecule has 54 heavy (non-hydrogen) atoms. The Morgan fingerprint density at radius 2 is 0.833 bits per heavy atom. The Balaban J connectivity index is 5.11. The molecule has 0 unspecified atom stereocenters. The molecule has 0 radical (unpaired) electrons. The average Bonchev–Trinajstić information content (AvgIpc) is 3.15. The zero-order valence-corrected chi connectivity index (χ0v) is 31.9. The number of rotatable bonds is 40. The standard InChI is InChI=1S/C33H66N10O11/c34-8-1-11-38-29(44)4-16-52-26-33(27-53-17-5-30(45)39-12-2-9-35,28-54-18-6-31(46)40-13-3-10-36)42-32(47)7-15-48-20-22-50-24-25-51-23-21-49-19-14-41-43-37/h1-28,34-36H2,(H,38,44)(H,39,45)(H,40,46)(H,42,47). The van der Waals surface area contributed by atoms with Crippen LogP contribution < -0.4 is 38.5 Å². The lowest BCUT2D eigenvalue weighted by molar-refractivity contribution is -0.131. The summed E-state index contributed by atoms with van der Waals surface area (Å²) in [5.41, 5.74) is 23.5. The Bertz CT molecular complexity index is 936. The summed E-state index contributed by atoms with van der Waals surface area (Å²) in [6, 6.07) is 0. The van der Waals surface area contributed by atoms with Crippen LogP contribution in [-0.2, 0) is 52.3 Å². The summed E-state index contributed by atoms with van der Waals surface area (Å²) in [6.45, 7) is 5.40. The van der Waals surface area contributed by atoms with Gasteiger partial charge in [-0.3, -0.25) is 19.2 Å². The minimum Gasteiger partial charge on any atom is -0.379 e. The summed E-state index contributed by atoms with van der Waals surface area (Å²) in [5.74, 6) is -0.984. The fourth-order valence-electron chi connectivity index (χ4n) is 4.22. The van der Waals surface area contributed by atoms with Gasteiger partial charge >= 0.3 is 0 Å². The van der Waals surface area contributed by atoms with Gasteiger partial charge in [0.1, 0.15) is 5.54 Å². The first-order chi connectivity index (χ1) is 26.3. The normalized spacial score (nSPS) is 11.2. The van der Waals surface area contributed by atoms with Gasteiger partial charge in [0.15, 0.2) is 0 Å². The Labute approximate surface area is 318 Å². The minimum atomic E-state index is -1.22. The molecule has 0 aromatic rings. The predicted molar refractivity (Wildman–Crippen MR) is 199 cm³/mol. The Morgan fingerprint density at radius 3 is 1.20 bits per heavy atom. The number of ether oxygens (including phenoxy) is 7. The van der Waals surface area contributed by atoms with Gasteiger partial charge in [0, 0.05) is 56.8 Å². The summed E-state index contributed by atoms with van der Waals surface area (Å²) in [4.78, 5) is 52.4. The number of nitrogens with one attached hydrogen (secondary N) is 4. The Kier molecular flexibility index (Phi) is 35.8. The highest BCUT2D eigenvalue weighted by Crippen LogP contribution is 2.11. The predicted octanol–water partition coefficient (Wildman–Crippen LogP) is -1.78. The molecule has 0 bridgehead atoms. The number of hydrogen-bond donors (Lipinski definition) is 7. The zero-order chi connectivity index (χ0) is 39.8. The number of nitrogens with zero attached hydrogens (tertiary/aromatic N) is 3. The van der Waals surface area contributed by atoms with Crippen LogP contribution in [0.15, 0.2) is 5.11 Å². The van der Waals surface area contributed by atoms with Crippen LogP contribution in [0.4, 0.5) is 0 Å². The molecule has 0 aliphatic carbocycles. The van der Waals surface area contributed by atoms with Crippen LogP contribution in [0, 0.1) is 0 Å². The van der Waals surface area contributed by atoms with E-state index in [0.29, 0.717) is 98.2 Å². The van der Waals surface area contributed by atoms with E-state index in [9.17, 15) is 19.2 Å². The van der Waals surface area contributed by atoms with Gasteiger partial charge in [-0.05, 0) is 44.4 Å². The lowest BCUT2D eigenvalue weighted by Gasteiger charge is -2.34. The van der Waals surface area contributed by atoms with E-state index >= 15 is 0 Å². The van der Waals surface area contributed by atoms with E-state index in [4.69, 9.17) is 55.9 Å². The molecule has 0 fully saturated rings. The van der Waals surface area contributed by atoms with Crippen LogP contribution in [0.5, 0.6) is 0 Å². The molecule has 314 valence electrons. The fraction of sp³-hybridized carbons (Fsp3) is 0.879. The number of carbonyl (C=O) groups is 4. The molecule has 0 saturated heterocycles. The largest absolute Gasteiger partial charge is 0.379 e. The van der Waals surface area contributed by atoms with Gasteiger partial charge in [-0.2, -0.15) is 0 Å². The fourth-order valence-corrected chi connectivity index (χ4v) is 4.22. The van der Waals surface area contributed by atoms with Crippen LogP contribution in [0.1, 0.15) is 44.9 Å². The summed E-state index contributed by atoms with van der Waals surface area (Å²) in [5, 5.41) is 14.6. The number of azide groups is 1. The van der Waals surface area contributed by atoms with Crippen molar-refractivity contribution in [3.63, 3.8) is 0 Å². The molecule has 0 aliphatic heterocycles. The summed E-state index contributed by atoms with van der Waals surface area (Å²) < 4.78 is 39.3. The molecule has 21 heteroatoms. The van der Waals surface area contributed by atoms with E-state index in [0.717, 1.165) is 0 Å². The molecule has 0 aromatic heterocycles. The highest BCUT2D eigenvalue weighted by atomic mass is 16.6. The van der Waals surface area contributed by atoms with Crippen molar-refractivity contribution >= 4 is 23.6 Å². The van der Waals surface area contributed by atoms with Crippen molar-refractivity contribution in [1.82, 2.24) is 21.3 Å². The molecule has 0 saturated carbocycles. The third-order valence-corrected chi connectivity index (χ3v) is 7.06. The topological polar surface area (TPSA) is 308 Å². The zero-order valence-electron chi connectivity index (χ0n) is 31.9. The van der Waals surface area contributed by atoms with Crippen molar-refractivity contribution in [1.29, 1.82) is 0 Å². The van der Waals surface area contributed by atoms with Crippen LogP contribution >= 0.6 is 0 Å². The lowest BCUT2D eigenvalue weighted by atomic mass is 10.0.